The van der Waals surface area contributed by atoms with Crippen molar-refractivity contribution in [1.29, 1.82) is 0 Å². The van der Waals surface area contributed by atoms with Gasteiger partial charge in [0, 0.05) is 12.0 Å². The molecule has 0 aliphatic heterocycles. The molecule has 5 nitrogen and oxygen atoms in total. The molecule has 0 unspecified atom stereocenters. The van der Waals surface area contributed by atoms with Gasteiger partial charge in [-0.05, 0) is 73.8 Å². The Morgan fingerprint density at radius 2 is 1.82 bits per heavy atom. The summed E-state index contributed by atoms with van der Waals surface area (Å²) in [6.45, 7) is 0. The number of ether oxygens (including phenoxy) is 1. The number of hydrogen-bond donors (Lipinski definition) is 1. The summed E-state index contributed by atoms with van der Waals surface area (Å²) in [7, 11) is 1.70. The highest BCUT2D eigenvalue weighted by molar-refractivity contribution is 5.90. The van der Waals surface area contributed by atoms with E-state index in [9.17, 15) is 4.79 Å². The van der Waals surface area contributed by atoms with Gasteiger partial charge in [-0.2, -0.15) is 0 Å². The Morgan fingerprint density at radius 3 is 2.62 bits per heavy atom. The number of hydrogen-bond acceptors (Lipinski definition) is 4. The van der Waals surface area contributed by atoms with E-state index in [2.05, 4.69) is 41.7 Å². The highest BCUT2D eigenvalue weighted by atomic mass is 16.5. The van der Waals surface area contributed by atoms with Crippen LogP contribution in [0.15, 0.2) is 48.5 Å². The number of rotatable bonds is 7. The van der Waals surface area contributed by atoms with Gasteiger partial charge < -0.3 is 10.1 Å². The molecule has 1 fully saturated rings. The van der Waals surface area contributed by atoms with Crippen molar-refractivity contribution in [2.45, 2.75) is 64.2 Å². The second kappa shape index (κ2) is 10.4. The average molecular weight is 456 g/mol. The van der Waals surface area contributed by atoms with Gasteiger partial charge in [0.25, 0.3) is 0 Å². The zero-order valence-corrected chi connectivity index (χ0v) is 20.0. The third kappa shape index (κ3) is 5.14. The van der Waals surface area contributed by atoms with Crippen LogP contribution in [0.5, 0.6) is 5.75 Å². The fourth-order valence-electron chi connectivity index (χ4n) is 5.30. The fourth-order valence-corrected chi connectivity index (χ4v) is 5.30. The molecule has 0 saturated heterocycles. The van der Waals surface area contributed by atoms with E-state index in [4.69, 9.17) is 14.7 Å². The lowest BCUT2D eigenvalue weighted by Gasteiger charge is -2.23. The molecule has 3 aromatic rings. The number of fused-ring (bicyclic) bond motifs is 3. The predicted molar refractivity (Wildman–Crippen MR) is 135 cm³/mol. The monoisotopic (exact) mass is 455 g/mol. The van der Waals surface area contributed by atoms with Gasteiger partial charge in [-0.25, -0.2) is 9.97 Å². The molecule has 0 atom stereocenters. The van der Waals surface area contributed by atoms with Crippen LogP contribution in [-0.4, -0.2) is 23.0 Å². The van der Waals surface area contributed by atoms with Gasteiger partial charge in [-0.15, -0.1) is 0 Å². The summed E-state index contributed by atoms with van der Waals surface area (Å²) in [5.41, 5.74) is 6.39. The first-order chi connectivity index (χ1) is 16.7. The summed E-state index contributed by atoms with van der Waals surface area (Å²) in [5, 5.41) is 3.15. The summed E-state index contributed by atoms with van der Waals surface area (Å²) in [6.07, 6.45) is 9.97. The Balaban J connectivity index is 1.43. The van der Waals surface area contributed by atoms with Crippen molar-refractivity contribution in [3.8, 4) is 17.0 Å². The van der Waals surface area contributed by atoms with E-state index in [1.165, 1.54) is 30.4 Å². The van der Waals surface area contributed by atoms with Crippen molar-refractivity contribution in [2.75, 3.05) is 12.4 Å². The first kappa shape index (κ1) is 22.6. The summed E-state index contributed by atoms with van der Waals surface area (Å²) in [5.74, 6) is 2.08. The maximum absolute atomic E-state index is 13.0. The Morgan fingerprint density at radius 1 is 1.00 bits per heavy atom. The van der Waals surface area contributed by atoms with Crippen LogP contribution < -0.4 is 10.1 Å². The number of carbonyl (C=O) groups is 1. The van der Waals surface area contributed by atoms with Crippen LogP contribution in [0.25, 0.3) is 11.3 Å². The molecular weight excluding hydrogens is 422 g/mol. The molecule has 1 N–H and O–H groups in total. The van der Waals surface area contributed by atoms with E-state index in [1.54, 1.807) is 7.11 Å². The van der Waals surface area contributed by atoms with Gasteiger partial charge in [0.15, 0.2) is 5.82 Å². The summed E-state index contributed by atoms with van der Waals surface area (Å²) >= 11 is 0. The number of aryl methyl sites for hydroxylation is 4. The molecule has 5 heteroatoms. The van der Waals surface area contributed by atoms with Crippen LogP contribution in [-0.2, 0) is 30.5 Å². The topological polar surface area (TPSA) is 64.1 Å². The number of aromatic nitrogens is 2. The van der Waals surface area contributed by atoms with Gasteiger partial charge in [0.2, 0.25) is 5.91 Å². The summed E-state index contributed by atoms with van der Waals surface area (Å²) in [4.78, 5) is 23.0. The van der Waals surface area contributed by atoms with Crippen molar-refractivity contribution < 1.29 is 9.53 Å². The minimum absolute atomic E-state index is 0.0723. The molecule has 5 rings (SSSR count). The van der Waals surface area contributed by atoms with Crippen molar-refractivity contribution in [1.82, 2.24) is 9.97 Å². The standard InChI is InChI=1S/C29H33N3O2/c1-34-23-14-15-24-22(19-23)13-17-25-28(24)30-26(16-12-20-8-4-2-5-9-20)29(31-25)32-27(33)18-21-10-6-3-7-11-21/h2,4-5,8-9,14-15,19,21H,3,6-7,10-13,16-18H2,1H3,(H,31,32,33). The van der Waals surface area contributed by atoms with Crippen LogP contribution in [0.4, 0.5) is 5.82 Å². The molecule has 2 aliphatic rings. The Hall–Kier alpha value is -3.21. The van der Waals surface area contributed by atoms with Gasteiger partial charge >= 0.3 is 0 Å². The summed E-state index contributed by atoms with van der Waals surface area (Å²) in [6, 6.07) is 16.6. The molecule has 1 heterocycles. The number of anilines is 1. The van der Waals surface area contributed by atoms with Gasteiger partial charge in [0.1, 0.15) is 5.75 Å². The molecule has 0 bridgehead atoms. The number of amides is 1. The molecule has 0 spiro atoms. The molecule has 2 aliphatic carbocycles. The molecule has 176 valence electrons. The van der Waals surface area contributed by atoms with Crippen LogP contribution in [0.3, 0.4) is 0 Å². The quantitative estimate of drug-likeness (QED) is 0.478. The van der Waals surface area contributed by atoms with Crippen molar-refractivity contribution in [2.24, 2.45) is 5.92 Å². The Kier molecular flexibility index (Phi) is 6.89. The number of nitrogens with one attached hydrogen (secondary N) is 1. The molecule has 34 heavy (non-hydrogen) atoms. The van der Waals surface area contributed by atoms with E-state index in [1.807, 2.05) is 12.1 Å². The molecule has 1 amide bonds. The van der Waals surface area contributed by atoms with E-state index < -0.39 is 0 Å². The zero-order chi connectivity index (χ0) is 23.3. The lowest BCUT2D eigenvalue weighted by atomic mass is 9.87. The fraction of sp³-hybridized carbons (Fsp3) is 0.414. The SMILES string of the molecule is COc1ccc2c(c1)CCc1nc(NC(=O)CC3CCCCC3)c(CCc3ccccc3)nc1-2. The Bertz CT molecular complexity index is 1150. The first-order valence-corrected chi connectivity index (χ1v) is 12.6. The van der Waals surface area contributed by atoms with Crippen molar-refractivity contribution >= 4 is 11.7 Å². The van der Waals surface area contributed by atoms with Crippen molar-refractivity contribution in [3.05, 3.63) is 71.0 Å². The predicted octanol–water partition coefficient (Wildman–Crippen LogP) is 5.94. The molecule has 2 aromatic carbocycles. The van der Waals surface area contributed by atoms with Crippen LogP contribution >= 0.6 is 0 Å². The minimum atomic E-state index is 0.0723. The highest BCUT2D eigenvalue weighted by Gasteiger charge is 2.24. The van der Waals surface area contributed by atoms with Gasteiger partial charge in [-0.1, -0.05) is 49.6 Å². The number of benzene rings is 2. The van der Waals surface area contributed by atoms with E-state index >= 15 is 0 Å². The largest absolute Gasteiger partial charge is 0.497 e. The molecule has 1 aromatic heterocycles. The van der Waals surface area contributed by atoms with E-state index in [-0.39, 0.29) is 5.91 Å². The molecule has 1 saturated carbocycles. The summed E-state index contributed by atoms with van der Waals surface area (Å²) < 4.78 is 5.42. The van der Waals surface area contributed by atoms with Gasteiger partial charge in [-0.3, -0.25) is 4.79 Å². The van der Waals surface area contributed by atoms with Gasteiger partial charge in [0.05, 0.1) is 24.2 Å². The first-order valence-electron chi connectivity index (χ1n) is 12.6. The van der Waals surface area contributed by atoms with Crippen LogP contribution in [0.1, 0.15) is 61.0 Å². The minimum Gasteiger partial charge on any atom is -0.497 e. The van der Waals surface area contributed by atoms with E-state index in [0.29, 0.717) is 18.2 Å². The smallest absolute Gasteiger partial charge is 0.225 e. The van der Waals surface area contributed by atoms with E-state index in [0.717, 1.165) is 66.9 Å². The second-order valence-corrected chi connectivity index (χ2v) is 9.58. The maximum Gasteiger partial charge on any atom is 0.225 e. The molecular formula is C29H33N3O2. The lowest BCUT2D eigenvalue weighted by Crippen LogP contribution is -2.21. The second-order valence-electron chi connectivity index (χ2n) is 9.58. The van der Waals surface area contributed by atoms with Crippen molar-refractivity contribution in [3.63, 3.8) is 0 Å². The maximum atomic E-state index is 13.0. The zero-order valence-electron chi connectivity index (χ0n) is 20.0. The normalized spacial score (nSPS) is 15.3. The number of nitrogens with zero attached hydrogens (tertiary/aromatic N) is 2. The van der Waals surface area contributed by atoms with Crippen LogP contribution in [0, 0.1) is 5.92 Å². The number of carbonyl (C=O) groups excluding carboxylic acids is 1. The Labute approximate surface area is 202 Å². The lowest BCUT2D eigenvalue weighted by molar-refractivity contribution is -0.117. The van der Waals surface area contributed by atoms with Crippen LogP contribution in [0.2, 0.25) is 0 Å². The average Bonchev–Trinajstić information content (AvgIpc) is 2.88. The highest BCUT2D eigenvalue weighted by Crippen LogP contribution is 2.35. The third-order valence-electron chi connectivity index (χ3n) is 7.19. The number of methoxy groups -OCH3 is 1. The molecule has 0 radical (unpaired) electrons. The third-order valence-corrected chi connectivity index (χ3v) is 7.19.